The van der Waals surface area contributed by atoms with Crippen LogP contribution in [0.15, 0.2) is 35.4 Å². The van der Waals surface area contributed by atoms with Gasteiger partial charge in [-0.25, -0.2) is 12.4 Å². The average molecular weight is 595 g/mol. The molecule has 1 aliphatic carbocycles. The third-order valence-corrected chi connectivity index (χ3v) is 9.77. The Morgan fingerprint density at radius 1 is 1.07 bits per heavy atom. The lowest BCUT2D eigenvalue weighted by Gasteiger charge is -2.38. The summed E-state index contributed by atoms with van der Waals surface area (Å²) in [4.78, 5) is 12.1. The number of methoxy groups -OCH3 is 1. The molecule has 41 heavy (non-hydrogen) atoms. The summed E-state index contributed by atoms with van der Waals surface area (Å²) in [6.45, 7) is 13.1. The van der Waals surface area contributed by atoms with Crippen molar-refractivity contribution < 1.29 is 36.2 Å². The van der Waals surface area contributed by atoms with E-state index in [2.05, 4.69) is 0 Å². The molecule has 2 atom stereocenters. The minimum atomic E-state index is -5.16. The van der Waals surface area contributed by atoms with Crippen molar-refractivity contribution in [1.82, 2.24) is 9.29 Å². The van der Waals surface area contributed by atoms with E-state index in [9.17, 15) is 31.5 Å². The number of benzene rings is 2. The van der Waals surface area contributed by atoms with Crippen LogP contribution in [0, 0.1) is 0 Å². The van der Waals surface area contributed by atoms with Crippen molar-refractivity contribution >= 4 is 26.8 Å². The lowest BCUT2D eigenvalue weighted by molar-refractivity contribution is -0.176. The van der Waals surface area contributed by atoms with E-state index in [0.717, 1.165) is 9.54 Å². The van der Waals surface area contributed by atoms with Gasteiger partial charge in [0.05, 0.1) is 23.6 Å². The molecule has 2 N–H and O–H groups in total. The lowest BCUT2D eigenvalue weighted by Crippen LogP contribution is -2.55. The zero-order chi connectivity index (χ0) is 30.8. The monoisotopic (exact) mass is 594 g/mol. The van der Waals surface area contributed by atoms with Crippen LogP contribution in [0.5, 0.6) is 5.75 Å². The first-order chi connectivity index (χ1) is 18.8. The fraction of sp³-hybridized carbons (Fsp3) is 0.500. The highest BCUT2D eigenvalue weighted by Crippen LogP contribution is 2.47. The van der Waals surface area contributed by atoms with Crippen LogP contribution < -0.4 is 10.1 Å². The molecule has 1 aromatic heterocycles. The standard InChI is InChI=1S/C30H37F3N2O5S/c1-15(2)18-11-20(16(3)4)27(21(12-18)17(5)6)41(38,39)35-14-19-13-24(34-28(36)30(31,32)33)29(7,37)26-23(40-8)10-9-22(35)25(19)26/h9-12,14-17,24,37H,13H2,1-8H3,(H,34,36). The third-order valence-electron chi connectivity index (χ3n) is 7.96. The molecule has 1 aliphatic rings. The molecule has 2 aromatic carbocycles. The summed E-state index contributed by atoms with van der Waals surface area (Å²) in [5.74, 6) is -2.09. The van der Waals surface area contributed by atoms with Gasteiger partial charge < -0.3 is 15.2 Å². The zero-order valence-corrected chi connectivity index (χ0v) is 25.3. The lowest BCUT2D eigenvalue weighted by atomic mass is 9.77. The molecule has 0 bridgehead atoms. The van der Waals surface area contributed by atoms with E-state index in [1.54, 1.807) is 6.07 Å². The first-order valence-corrected chi connectivity index (χ1v) is 15.0. The minimum Gasteiger partial charge on any atom is -0.496 e. The number of halogens is 3. The van der Waals surface area contributed by atoms with Crippen LogP contribution in [0.2, 0.25) is 0 Å². The summed E-state index contributed by atoms with van der Waals surface area (Å²) in [6, 6.07) is 5.51. The number of carbonyl (C=O) groups excluding carboxylic acids is 1. The van der Waals surface area contributed by atoms with E-state index >= 15 is 0 Å². The Morgan fingerprint density at radius 3 is 2.10 bits per heavy atom. The highest BCUT2D eigenvalue weighted by atomic mass is 32.2. The van der Waals surface area contributed by atoms with Gasteiger partial charge in [-0.15, -0.1) is 0 Å². The van der Waals surface area contributed by atoms with Crippen molar-refractivity contribution in [3.63, 3.8) is 0 Å². The molecule has 224 valence electrons. The van der Waals surface area contributed by atoms with Gasteiger partial charge in [0.15, 0.2) is 0 Å². The predicted molar refractivity (Wildman–Crippen MR) is 151 cm³/mol. The normalized spacial score (nSPS) is 19.4. The molecular weight excluding hydrogens is 557 g/mol. The highest BCUT2D eigenvalue weighted by Gasteiger charge is 2.48. The topological polar surface area (TPSA) is 97.6 Å². The van der Waals surface area contributed by atoms with Crippen molar-refractivity contribution in [3.05, 3.63) is 58.3 Å². The van der Waals surface area contributed by atoms with E-state index in [-0.39, 0.29) is 45.9 Å². The molecule has 1 heterocycles. The summed E-state index contributed by atoms with van der Waals surface area (Å²) in [5.41, 5.74) is 1.12. The summed E-state index contributed by atoms with van der Waals surface area (Å²) < 4.78 is 75.3. The van der Waals surface area contributed by atoms with Crippen LogP contribution in [-0.2, 0) is 26.8 Å². The number of hydrogen-bond acceptors (Lipinski definition) is 5. The number of aromatic nitrogens is 1. The molecule has 4 rings (SSSR count). The van der Waals surface area contributed by atoms with Gasteiger partial charge in [-0.05, 0) is 65.5 Å². The van der Waals surface area contributed by atoms with E-state index in [0.29, 0.717) is 22.1 Å². The van der Waals surface area contributed by atoms with E-state index < -0.39 is 33.7 Å². The highest BCUT2D eigenvalue weighted by molar-refractivity contribution is 7.90. The van der Waals surface area contributed by atoms with Gasteiger partial charge in [-0.3, -0.25) is 4.79 Å². The van der Waals surface area contributed by atoms with Crippen LogP contribution >= 0.6 is 0 Å². The van der Waals surface area contributed by atoms with E-state index in [1.165, 1.54) is 26.3 Å². The Hall–Kier alpha value is -3.05. The van der Waals surface area contributed by atoms with Crippen molar-refractivity contribution in [2.24, 2.45) is 0 Å². The second kappa shape index (κ2) is 10.3. The number of hydrogen-bond donors (Lipinski definition) is 2. The van der Waals surface area contributed by atoms with Gasteiger partial charge in [-0.1, -0.05) is 53.7 Å². The van der Waals surface area contributed by atoms with Crippen LogP contribution in [0.1, 0.15) is 94.0 Å². The first kappa shape index (κ1) is 30.9. The third kappa shape index (κ3) is 5.11. The maximum Gasteiger partial charge on any atom is 0.471 e. The van der Waals surface area contributed by atoms with E-state index in [1.807, 2.05) is 59.0 Å². The van der Waals surface area contributed by atoms with Gasteiger partial charge in [-0.2, -0.15) is 13.2 Å². The van der Waals surface area contributed by atoms with Crippen LogP contribution in [0.25, 0.3) is 10.9 Å². The van der Waals surface area contributed by atoms with Gasteiger partial charge in [0.1, 0.15) is 11.4 Å². The van der Waals surface area contributed by atoms with Gasteiger partial charge in [0.25, 0.3) is 10.0 Å². The Morgan fingerprint density at radius 2 is 1.63 bits per heavy atom. The van der Waals surface area contributed by atoms with E-state index in [4.69, 9.17) is 4.74 Å². The number of nitrogens with zero attached hydrogens (tertiary/aromatic N) is 1. The number of nitrogens with one attached hydrogen (secondary N) is 1. The maximum atomic E-state index is 14.6. The minimum absolute atomic E-state index is 0.114. The van der Waals surface area contributed by atoms with Crippen LogP contribution in [0.3, 0.4) is 0 Å². The predicted octanol–water partition coefficient (Wildman–Crippen LogP) is 6.07. The fourth-order valence-corrected chi connectivity index (χ4v) is 7.75. The molecule has 1 amide bonds. The summed E-state index contributed by atoms with van der Waals surface area (Å²) >= 11 is 0. The molecule has 0 saturated heterocycles. The Labute approximate surface area is 238 Å². The second-order valence-electron chi connectivity index (χ2n) is 11.9. The van der Waals surface area contributed by atoms with Crippen molar-refractivity contribution in [1.29, 1.82) is 0 Å². The van der Waals surface area contributed by atoms with Gasteiger partial charge in [0, 0.05) is 17.1 Å². The fourth-order valence-electron chi connectivity index (χ4n) is 5.69. The SMILES string of the molecule is COc1ccc2c3c(cn2S(=O)(=O)c2c(C(C)C)cc(C(C)C)cc2C(C)C)CC(NC(=O)C(F)(F)F)C(C)(O)c13. The Bertz CT molecular complexity index is 1590. The van der Waals surface area contributed by atoms with Gasteiger partial charge in [0.2, 0.25) is 0 Å². The number of amides is 1. The quantitative estimate of drug-likeness (QED) is 0.346. The van der Waals surface area contributed by atoms with Crippen molar-refractivity contribution in [3.8, 4) is 5.75 Å². The second-order valence-corrected chi connectivity index (χ2v) is 13.6. The van der Waals surface area contributed by atoms with Crippen LogP contribution in [-0.4, -0.2) is 42.7 Å². The largest absolute Gasteiger partial charge is 0.496 e. The molecule has 0 aliphatic heterocycles. The molecule has 0 spiro atoms. The summed E-state index contributed by atoms with van der Waals surface area (Å²) in [6.07, 6.45) is -4.01. The smallest absolute Gasteiger partial charge is 0.471 e. The molecule has 0 fully saturated rings. The van der Waals surface area contributed by atoms with Gasteiger partial charge >= 0.3 is 12.1 Å². The summed E-state index contributed by atoms with van der Waals surface area (Å²) in [7, 11) is -2.88. The number of carbonyl (C=O) groups is 1. The molecule has 0 radical (unpaired) electrons. The number of rotatable bonds is 7. The molecule has 3 aromatic rings. The number of alkyl halides is 3. The molecule has 7 nitrogen and oxygen atoms in total. The Balaban J connectivity index is 2.02. The van der Waals surface area contributed by atoms with Crippen LogP contribution in [0.4, 0.5) is 13.2 Å². The van der Waals surface area contributed by atoms with Crippen molar-refractivity contribution in [2.75, 3.05) is 7.11 Å². The van der Waals surface area contributed by atoms with Crippen molar-refractivity contribution in [2.45, 2.75) is 95.4 Å². The number of aliphatic hydroxyl groups is 1. The Kier molecular flexibility index (Phi) is 7.79. The summed E-state index contributed by atoms with van der Waals surface area (Å²) in [5, 5.41) is 13.8. The molecule has 0 saturated carbocycles. The average Bonchev–Trinajstić information content (AvgIpc) is 3.24. The molecular formula is C30H37F3N2O5S. The molecule has 11 heteroatoms. The molecule has 2 unspecified atom stereocenters. The zero-order valence-electron chi connectivity index (χ0n) is 24.5. The maximum absolute atomic E-state index is 14.6. The number of ether oxygens (including phenoxy) is 1. The first-order valence-electron chi connectivity index (χ1n) is 13.6.